The van der Waals surface area contributed by atoms with Crippen LogP contribution in [0.25, 0.3) is 21.9 Å². The Kier molecular flexibility index (Phi) is 3.75. The van der Waals surface area contributed by atoms with Gasteiger partial charge in [0, 0.05) is 22.6 Å². The van der Waals surface area contributed by atoms with Crippen molar-refractivity contribution in [2.45, 2.75) is 30.0 Å². The lowest BCUT2D eigenvalue weighted by Crippen LogP contribution is -2.01. The van der Waals surface area contributed by atoms with Gasteiger partial charge in [-0.05, 0) is 54.2 Å². The smallest absolute Gasteiger partial charge is 0.336 e. The molecule has 0 aliphatic heterocycles. The largest absolute Gasteiger partial charge is 0.423 e. The van der Waals surface area contributed by atoms with Crippen LogP contribution in [0.15, 0.2) is 63.0 Å². The molecule has 26 heavy (non-hydrogen) atoms. The first-order valence-corrected chi connectivity index (χ1v) is 9.67. The van der Waals surface area contributed by atoms with Crippen molar-refractivity contribution in [3.8, 4) is 0 Å². The van der Waals surface area contributed by atoms with Gasteiger partial charge in [-0.25, -0.2) is 14.8 Å². The molecule has 5 rings (SSSR count). The molecular formula is C21H16N2O2S. The number of para-hydroxylation sites is 1. The molecule has 0 fully saturated rings. The summed E-state index contributed by atoms with van der Waals surface area (Å²) < 4.78 is 5.46. The van der Waals surface area contributed by atoms with Crippen molar-refractivity contribution in [1.29, 1.82) is 0 Å². The third-order valence-corrected chi connectivity index (χ3v) is 5.97. The lowest BCUT2D eigenvalue weighted by molar-refractivity contribution is 0.559. The SMILES string of the molecule is O=c1cc(CSc2ncnc3ccccc23)c2cc3c(cc2o1)CCC3. The summed E-state index contributed by atoms with van der Waals surface area (Å²) in [4.78, 5) is 20.8. The van der Waals surface area contributed by atoms with E-state index in [0.29, 0.717) is 11.3 Å². The number of aromatic nitrogens is 2. The predicted octanol–water partition coefficient (Wildman–Crippen LogP) is 4.52. The molecule has 128 valence electrons. The third-order valence-electron chi connectivity index (χ3n) is 4.91. The van der Waals surface area contributed by atoms with Crippen LogP contribution in [-0.4, -0.2) is 9.97 Å². The molecule has 0 atom stereocenters. The van der Waals surface area contributed by atoms with E-state index in [2.05, 4.69) is 16.0 Å². The minimum atomic E-state index is -0.293. The first-order valence-electron chi connectivity index (χ1n) is 8.69. The average molecular weight is 360 g/mol. The van der Waals surface area contributed by atoms with Crippen LogP contribution >= 0.6 is 11.8 Å². The molecule has 0 amide bonds. The van der Waals surface area contributed by atoms with Crippen molar-refractivity contribution in [3.05, 3.63) is 75.9 Å². The molecule has 0 radical (unpaired) electrons. The predicted molar refractivity (Wildman–Crippen MR) is 104 cm³/mol. The van der Waals surface area contributed by atoms with Crippen LogP contribution in [0.4, 0.5) is 0 Å². The zero-order chi connectivity index (χ0) is 17.5. The Bertz CT molecular complexity index is 1190. The Morgan fingerprint density at radius 2 is 1.85 bits per heavy atom. The maximum Gasteiger partial charge on any atom is 0.336 e. The molecule has 5 heteroatoms. The Morgan fingerprint density at radius 3 is 2.77 bits per heavy atom. The molecule has 0 spiro atoms. The van der Waals surface area contributed by atoms with E-state index in [1.807, 2.05) is 30.3 Å². The highest BCUT2D eigenvalue weighted by atomic mass is 32.2. The molecule has 1 aliphatic carbocycles. The maximum absolute atomic E-state index is 12.0. The first kappa shape index (κ1) is 15.6. The quantitative estimate of drug-likeness (QED) is 0.305. The van der Waals surface area contributed by atoms with Crippen LogP contribution in [0.2, 0.25) is 0 Å². The fourth-order valence-electron chi connectivity index (χ4n) is 3.66. The van der Waals surface area contributed by atoms with Crippen molar-refractivity contribution in [2.24, 2.45) is 0 Å². The number of rotatable bonds is 3. The van der Waals surface area contributed by atoms with Gasteiger partial charge in [-0.2, -0.15) is 0 Å². The summed E-state index contributed by atoms with van der Waals surface area (Å²) >= 11 is 1.63. The Hall–Kier alpha value is -2.66. The molecule has 4 nitrogen and oxygen atoms in total. The summed E-state index contributed by atoms with van der Waals surface area (Å²) in [5.74, 6) is 0.669. The van der Waals surface area contributed by atoms with E-state index < -0.39 is 0 Å². The second-order valence-corrected chi connectivity index (χ2v) is 7.51. The summed E-state index contributed by atoms with van der Waals surface area (Å²) in [5.41, 5.74) is 5.02. The topological polar surface area (TPSA) is 56.0 Å². The Labute approximate surface area is 154 Å². The zero-order valence-corrected chi connectivity index (χ0v) is 14.9. The number of aryl methyl sites for hydroxylation is 2. The maximum atomic E-state index is 12.0. The van der Waals surface area contributed by atoms with Gasteiger partial charge in [-0.3, -0.25) is 0 Å². The van der Waals surface area contributed by atoms with Gasteiger partial charge in [-0.15, -0.1) is 11.8 Å². The van der Waals surface area contributed by atoms with Crippen LogP contribution in [-0.2, 0) is 18.6 Å². The standard InChI is InChI=1S/C21H16N2O2S/c24-20-10-15(17-8-13-4-3-5-14(13)9-19(17)25-20)11-26-21-16-6-1-2-7-18(16)22-12-23-21/h1-2,6-10,12H,3-5,11H2. The number of benzene rings is 2. The molecular weight excluding hydrogens is 344 g/mol. The van der Waals surface area contributed by atoms with Gasteiger partial charge in [0.25, 0.3) is 0 Å². The van der Waals surface area contributed by atoms with Gasteiger partial charge >= 0.3 is 5.63 Å². The molecule has 2 aromatic heterocycles. The normalized spacial score (nSPS) is 13.4. The lowest BCUT2D eigenvalue weighted by atomic mass is 10.0. The van der Waals surface area contributed by atoms with E-state index >= 15 is 0 Å². The number of nitrogens with zero attached hydrogens (tertiary/aromatic N) is 2. The summed E-state index contributed by atoms with van der Waals surface area (Å²) in [6, 6.07) is 13.8. The molecule has 0 bridgehead atoms. The summed E-state index contributed by atoms with van der Waals surface area (Å²) in [6.07, 6.45) is 4.94. The number of fused-ring (bicyclic) bond motifs is 3. The molecule has 0 N–H and O–H groups in total. The van der Waals surface area contributed by atoms with Crippen LogP contribution in [0.3, 0.4) is 0 Å². The minimum Gasteiger partial charge on any atom is -0.423 e. The lowest BCUT2D eigenvalue weighted by Gasteiger charge is -2.08. The van der Waals surface area contributed by atoms with Crippen molar-refractivity contribution in [2.75, 3.05) is 0 Å². The molecule has 4 aromatic rings. The van der Waals surface area contributed by atoms with E-state index in [0.717, 1.165) is 39.7 Å². The minimum absolute atomic E-state index is 0.293. The monoisotopic (exact) mass is 360 g/mol. The first-order chi connectivity index (χ1) is 12.8. The third kappa shape index (κ3) is 2.69. The van der Waals surface area contributed by atoms with E-state index in [-0.39, 0.29) is 5.63 Å². The van der Waals surface area contributed by atoms with Crippen molar-refractivity contribution >= 4 is 33.6 Å². The van der Waals surface area contributed by atoms with Gasteiger partial charge in [-0.1, -0.05) is 18.2 Å². The van der Waals surface area contributed by atoms with Crippen molar-refractivity contribution in [1.82, 2.24) is 9.97 Å². The molecule has 0 saturated carbocycles. The molecule has 0 saturated heterocycles. The van der Waals surface area contributed by atoms with Crippen molar-refractivity contribution in [3.63, 3.8) is 0 Å². The fourth-order valence-corrected chi connectivity index (χ4v) is 4.64. The molecule has 2 aromatic carbocycles. The van der Waals surface area contributed by atoms with Crippen LogP contribution in [0.5, 0.6) is 0 Å². The summed E-state index contributed by atoms with van der Waals surface area (Å²) in [7, 11) is 0. The van der Waals surface area contributed by atoms with Crippen LogP contribution in [0, 0.1) is 0 Å². The molecule has 0 unspecified atom stereocenters. The average Bonchev–Trinajstić information content (AvgIpc) is 3.11. The van der Waals surface area contributed by atoms with Gasteiger partial charge in [0.15, 0.2) is 0 Å². The number of thioether (sulfide) groups is 1. The van der Waals surface area contributed by atoms with E-state index in [9.17, 15) is 4.79 Å². The molecule has 2 heterocycles. The van der Waals surface area contributed by atoms with E-state index in [1.54, 1.807) is 24.2 Å². The van der Waals surface area contributed by atoms with Gasteiger partial charge < -0.3 is 4.42 Å². The summed E-state index contributed by atoms with van der Waals surface area (Å²) in [5, 5.41) is 3.00. The summed E-state index contributed by atoms with van der Waals surface area (Å²) in [6.45, 7) is 0. The van der Waals surface area contributed by atoms with E-state index in [1.165, 1.54) is 17.5 Å². The highest BCUT2D eigenvalue weighted by Crippen LogP contribution is 2.32. The Morgan fingerprint density at radius 1 is 1.00 bits per heavy atom. The second-order valence-electron chi connectivity index (χ2n) is 6.55. The highest BCUT2D eigenvalue weighted by molar-refractivity contribution is 7.98. The van der Waals surface area contributed by atoms with Crippen LogP contribution < -0.4 is 5.63 Å². The van der Waals surface area contributed by atoms with Crippen molar-refractivity contribution < 1.29 is 4.42 Å². The number of hydrogen-bond acceptors (Lipinski definition) is 5. The Balaban J connectivity index is 1.56. The molecule has 1 aliphatic rings. The van der Waals surface area contributed by atoms with Crippen LogP contribution in [0.1, 0.15) is 23.1 Å². The van der Waals surface area contributed by atoms with Gasteiger partial charge in [0.05, 0.1) is 5.52 Å². The van der Waals surface area contributed by atoms with Gasteiger partial charge in [0.1, 0.15) is 16.9 Å². The highest BCUT2D eigenvalue weighted by Gasteiger charge is 2.15. The fraction of sp³-hybridized carbons (Fsp3) is 0.190. The van der Waals surface area contributed by atoms with Gasteiger partial charge in [0.2, 0.25) is 0 Å². The second kappa shape index (κ2) is 6.25. The zero-order valence-electron chi connectivity index (χ0n) is 14.1. The number of hydrogen-bond donors (Lipinski definition) is 0. The van der Waals surface area contributed by atoms with E-state index in [4.69, 9.17) is 4.42 Å².